The number of amides is 2. The quantitative estimate of drug-likeness (QED) is 0.737. The fourth-order valence-electron chi connectivity index (χ4n) is 2.33. The van der Waals surface area contributed by atoms with Crippen LogP contribution in [0.25, 0.3) is 0 Å². The summed E-state index contributed by atoms with van der Waals surface area (Å²) in [7, 11) is 1.30. The Labute approximate surface area is 156 Å². The third-order valence-electron chi connectivity index (χ3n) is 3.76. The van der Waals surface area contributed by atoms with E-state index >= 15 is 0 Å². The van der Waals surface area contributed by atoms with Gasteiger partial charge in [0.25, 0.3) is 0 Å². The smallest absolute Gasteiger partial charge is 0.321 e. The lowest BCUT2D eigenvalue weighted by Crippen LogP contribution is -2.38. The Morgan fingerprint density at radius 2 is 1.88 bits per heavy atom. The van der Waals surface area contributed by atoms with E-state index in [1.54, 1.807) is 36.4 Å². The number of halogens is 2. The summed E-state index contributed by atoms with van der Waals surface area (Å²) in [6.07, 6.45) is 0.618. The molecule has 0 saturated heterocycles. The van der Waals surface area contributed by atoms with Gasteiger partial charge in [-0.1, -0.05) is 29.8 Å². The van der Waals surface area contributed by atoms with Gasteiger partial charge in [-0.2, -0.15) is 0 Å². The minimum absolute atomic E-state index is 0.0862. The van der Waals surface area contributed by atoms with Gasteiger partial charge in [-0.3, -0.25) is 4.79 Å². The normalized spacial score (nSPS) is 10.3. The second-order valence-electron chi connectivity index (χ2n) is 5.63. The molecule has 0 radical (unpaired) electrons. The summed E-state index contributed by atoms with van der Waals surface area (Å²) in [4.78, 5) is 25.5. The van der Waals surface area contributed by atoms with Crippen LogP contribution < -0.4 is 5.32 Å². The Morgan fingerprint density at radius 1 is 1.15 bits per heavy atom. The highest BCUT2D eigenvalue weighted by atomic mass is 35.5. The molecule has 0 saturated carbocycles. The van der Waals surface area contributed by atoms with E-state index < -0.39 is 5.97 Å². The Hall–Kier alpha value is -2.60. The first kappa shape index (κ1) is 19.7. The lowest BCUT2D eigenvalue weighted by molar-refractivity contribution is -0.140. The zero-order valence-corrected chi connectivity index (χ0v) is 15.1. The molecule has 2 amide bonds. The molecule has 0 aliphatic rings. The monoisotopic (exact) mass is 378 g/mol. The number of nitrogens with one attached hydrogen (secondary N) is 1. The zero-order valence-electron chi connectivity index (χ0n) is 14.4. The largest absolute Gasteiger partial charge is 0.469 e. The molecule has 0 aliphatic heterocycles. The summed E-state index contributed by atoms with van der Waals surface area (Å²) in [6, 6.07) is 12.5. The highest BCUT2D eigenvalue weighted by Gasteiger charge is 2.16. The Kier molecular flexibility index (Phi) is 7.41. The SMILES string of the molecule is COC(=O)CCN(CCc1ccc(F)cc1)C(=O)Nc1cccc(Cl)c1. The fourth-order valence-corrected chi connectivity index (χ4v) is 2.52. The molecular weight excluding hydrogens is 359 g/mol. The number of hydrogen-bond acceptors (Lipinski definition) is 3. The number of nitrogens with zero attached hydrogens (tertiary/aromatic N) is 1. The highest BCUT2D eigenvalue weighted by Crippen LogP contribution is 2.15. The number of carbonyl (C=O) groups excluding carboxylic acids is 2. The van der Waals surface area contributed by atoms with Gasteiger partial charge in [0.1, 0.15) is 5.82 Å². The summed E-state index contributed by atoms with van der Waals surface area (Å²) in [6.45, 7) is 0.579. The number of urea groups is 1. The van der Waals surface area contributed by atoms with Gasteiger partial charge in [-0.15, -0.1) is 0 Å². The number of esters is 1. The predicted octanol–water partition coefficient (Wildman–Crippen LogP) is 4.12. The van der Waals surface area contributed by atoms with Crippen molar-refractivity contribution in [1.82, 2.24) is 4.90 Å². The van der Waals surface area contributed by atoms with Crippen LogP contribution >= 0.6 is 11.6 Å². The van der Waals surface area contributed by atoms with E-state index in [0.29, 0.717) is 23.7 Å². The lowest BCUT2D eigenvalue weighted by atomic mass is 10.1. The summed E-state index contributed by atoms with van der Waals surface area (Å²) in [5, 5.41) is 3.27. The van der Waals surface area contributed by atoms with E-state index in [-0.39, 0.29) is 24.8 Å². The molecule has 0 bridgehead atoms. The topological polar surface area (TPSA) is 58.6 Å². The number of ether oxygens (including phenoxy) is 1. The van der Waals surface area contributed by atoms with Crippen LogP contribution in [-0.2, 0) is 16.0 Å². The molecule has 2 aromatic rings. The van der Waals surface area contributed by atoms with Gasteiger partial charge in [0.05, 0.1) is 13.5 Å². The summed E-state index contributed by atoms with van der Waals surface area (Å²) in [5.74, 6) is -0.706. The average molecular weight is 379 g/mol. The first-order chi connectivity index (χ1) is 12.5. The summed E-state index contributed by atoms with van der Waals surface area (Å²) in [5.41, 5.74) is 1.46. The van der Waals surface area contributed by atoms with Gasteiger partial charge in [-0.25, -0.2) is 9.18 Å². The fraction of sp³-hybridized carbons (Fsp3) is 0.263. The van der Waals surface area contributed by atoms with Crippen LogP contribution in [0.4, 0.5) is 14.9 Å². The number of anilines is 1. The molecule has 26 heavy (non-hydrogen) atoms. The van der Waals surface area contributed by atoms with Crippen LogP contribution in [0.3, 0.4) is 0 Å². The molecule has 0 aromatic heterocycles. The van der Waals surface area contributed by atoms with Crippen molar-refractivity contribution in [1.29, 1.82) is 0 Å². The van der Waals surface area contributed by atoms with Crippen molar-refractivity contribution < 1.29 is 18.7 Å². The van der Waals surface area contributed by atoms with Crippen molar-refractivity contribution in [2.75, 3.05) is 25.5 Å². The Morgan fingerprint density at radius 3 is 2.54 bits per heavy atom. The number of hydrogen-bond donors (Lipinski definition) is 1. The van der Waals surface area contributed by atoms with Gasteiger partial charge in [-0.05, 0) is 42.3 Å². The average Bonchev–Trinajstić information content (AvgIpc) is 2.62. The second-order valence-corrected chi connectivity index (χ2v) is 6.07. The van der Waals surface area contributed by atoms with Gasteiger partial charge >= 0.3 is 12.0 Å². The molecule has 7 heteroatoms. The lowest BCUT2D eigenvalue weighted by Gasteiger charge is -2.23. The number of rotatable bonds is 7. The van der Waals surface area contributed by atoms with E-state index in [1.165, 1.54) is 24.1 Å². The molecule has 138 valence electrons. The Bertz CT molecular complexity index is 753. The van der Waals surface area contributed by atoms with Crippen molar-refractivity contribution >= 4 is 29.3 Å². The molecule has 5 nitrogen and oxygen atoms in total. The molecule has 0 atom stereocenters. The minimum atomic E-state index is -0.396. The number of benzene rings is 2. The molecule has 0 unspecified atom stereocenters. The third-order valence-corrected chi connectivity index (χ3v) is 4.00. The van der Waals surface area contributed by atoms with Crippen LogP contribution in [0.5, 0.6) is 0 Å². The molecule has 0 heterocycles. The van der Waals surface area contributed by atoms with Gasteiger partial charge < -0.3 is 15.0 Å². The van der Waals surface area contributed by atoms with Crippen LogP contribution in [0.1, 0.15) is 12.0 Å². The molecule has 0 fully saturated rings. The predicted molar refractivity (Wildman–Crippen MR) is 98.8 cm³/mol. The van der Waals surface area contributed by atoms with Crippen molar-refractivity contribution in [3.05, 3.63) is 64.9 Å². The first-order valence-corrected chi connectivity index (χ1v) is 8.48. The zero-order chi connectivity index (χ0) is 18.9. The third kappa shape index (κ3) is 6.37. The first-order valence-electron chi connectivity index (χ1n) is 8.10. The van der Waals surface area contributed by atoms with Crippen molar-refractivity contribution in [3.8, 4) is 0 Å². The second kappa shape index (κ2) is 9.77. The minimum Gasteiger partial charge on any atom is -0.469 e. The van der Waals surface area contributed by atoms with E-state index in [4.69, 9.17) is 11.6 Å². The van der Waals surface area contributed by atoms with Gasteiger partial charge in [0, 0.05) is 23.8 Å². The maximum atomic E-state index is 13.0. The van der Waals surface area contributed by atoms with Crippen molar-refractivity contribution in [2.45, 2.75) is 12.8 Å². The molecular formula is C19H20ClFN2O3. The highest BCUT2D eigenvalue weighted by molar-refractivity contribution is 6.30. The maximum absolute atomic E-state index is 13.0. The van der Waals surface area contributed by atoms with Gasteiger partial charge in [0.15, 0.2) is 0 Å². The molecule has 0 spiro atoms. The van der Waals surface area contributed by atoms with E-state index in [1.807, 2.05) is 0 Å². The molecule has 2 aromatic carbocycles. The molecule has 1 N–H and O–H groups in total. The Balaban J connectivity index is 2.02. The van der Waals surface area contributed by atoms with Crippen LogP contribution in [0, 0.1) is 5.82 Å². The number of carbonyl (C=O) groups is 2. The summed E-state index contributed by atoms with van der Waals surface area (Å²) < 4.78 is 17.6. The van der Waals surface area contributed by atoms with Crippen LogP contribution in [-0.4, -0.2) is 37.1 Å². The van der Waals surface area contributed by atoms with E-state index in [0.717, 1.165) is 5.56 Å². The standard InChI is InChI=1S/C19H20ClFN2O3/c1-26-18(24)10-12-23(11-9-14-5-7-16(21)8-6-14)19(25)22-17-4-2-3-15(20)13-17/h2-8,13H,9-12H2,1H3,(H,22,25). The van der Waals surface area contributed by atoms with E-state index in [9.17, 15) is 14.0 Å². The van der Waals surface area contributed by atoms with E-state index in [2.05, 4.69) is 10.1 Å². The maximum Gasteiger partial charge on any atom is 0.321 e. The van der Waals surface area contributed by atoms with Crippen LogP contribution in [0.2, 0.25) is 5.02 Å². The number of methoxy groups -OCH3 is 1. The van der Waals surface area contributed by atoms with Crippen LogP contribution in [0.15, 0.2) is 48.5 Å². The molecule has 2 rings (SSSR count). The van der Waals surface area contributed by atoms with Crippen molar-refractivity contribution in [2.24, 2.45) is 0 Å². The summed E-state index contributed by atoms with van der Waals surface area (Å²) >= 11 is 5.93. The van der Waals surface area contributed by atoms with Gasteiger partial charge in [0.2, 0.25) is 0 Å². The molecule has 0 aliphatic carbocycles. The van der Waals surface area contributed by atoms with Crippen molar-refractivity contribution in [3.63, 3.8) is 0 Å².